The van der Waals surface area contributed by atoms with E-state index < -0.39 is 5.97 Å². The number of carbonyl (C=O) groups is 2. The maximum absolute atomic E-state index is 11.5. The molecule has 0 aromatic carbocycles. The first-order chi connectivity index (χ1) is 9.47. The molecule has 20 heavy (non-hydrogen) atoms. The zero-order valence-corrected chi connectivity index (χ0v) is 12.9. The molecule has 0 saturated carbocycles. The van der Waals surface area contributed by atoms with Gasteiger partial charge in [-0.25, -0.2) is 4.79 Å². The minimum Gasteiger partial charge on any atom is -0.481 e. The summed E-state index contributed by atoms with van der Waals surface area (Å²) in [5.41, 5.74) is 0. The van der Waals surface area contributed by atoms with E-state index in [-0.39, 0.29) is 12.5 Å². The van der Waals surface area contributed by atoms with Crippen LogP contribution in [0.2, 0.25) is 0 Å². The Morgan fingerprint density at radius 3 is 2.40 bits per heavy atom. The Hall–Kier alpha value is -1.30. The van der Waals surface area contributed by atoms with Gasteiger partial charge in [0.15, 0.2) is 0 Å². The minimum atomic E-state index is -0.763. The minimum absolute atomic E-state index is 0.152. The number of hydrogen-bond donors (Lipinski definition) is 3. The summed E-state index contributed by atoms with van der Waals surface area (Å²) < 4.78 is 0. The SMILES string of the molecule is CCC(C)N(C)CCNC(=O)NCCCCCC(=O)O. The van der Waals surface area contributed by atoms with Crippen LogP contribution in [0.5, 0.6) is 0 Å². The number of rotatable bonds is 11. The summed E-state index contributed by atoms with van der Waals surface area (Å²) >= 11 is 0. The van der Waals surface area contributed by atoms with E-state index in [0.29, 0.717) is 25.6 Å². The van der Waals surface area contributed by atoms with Crippen LogP contribution in [0.4, 0.5) is 4.79 Å². The van der Waals surface area contributed by atoms with Gasteiger partial charge in [0.1, 0.15) is 0 Å². The van der Waals surface area contributed by atoms with Gasteiger partial charge in [0, 0.05) is 32.1 Å². The number of nitrogens with zero attached hydrogens (tertiary/aromatic N) is 1. The van der Waals surface area contributed by atoms with Crippen molar-refractivity contribution in [3.63, 3.8) is 0 Å². The zero-order valence-electron chi connectivity index (χ0n) is 12.9. The Morgan fingerprint density at radius 1 is 1.15 bits per heavy atom. The molecule has 0 aromatic rings. The molecule has 0 fully saturated rings. The topological polar surface area (TPSA) is 81.7 Å². The number of hydrogen-bond acceptors (Lipinski definition) is 3. The Labute approximate surface area is 121 Å². The molecule has 0 aliphatic rings. The van der Waals surface area contributed by atoms with Crippen LogP contribution in [-0.2, 0) is 4.79 Å². The molecule has 0 aliphatic heterocycles. The van der Waals surface area contributed by atoms with Crippen molar-refractivity contribution in [2.24, 2.45) is 0 Å². The molecule has 0 aliphatic carbocycles. The predicted octanol–water partition coefficient (Wildman–Crippen LogP) is 1.66. The first-order valence-corrected chi connectivity index (χ1v) is 7.41. The van der Waals surface area contributed by atoms with Crippen LogP contribution in [0.3, 0.4) is 0 Å². The molecule has 0 saturated heterocycles. The summed E-state index contributed by atoms with van der Waals surface area (Å²) in [4.78, 5) is 24.0. The third kappa shape index (κ3) is 10.6. The number of carbonyl (C=O) groups excluding carboxylic acids is 1. The second-order valence-corrected chi connectivity index (χ2v) is 5.12. The molecule has 0 bridgehead atoms. The Kier molecular flexibility index (Phi) is 10.8. The molecule has 0 spiro atoms. The maximum Gasteiger partial charge on any atom is 0.314 e. The van der Waals surface area contributed by atoms with Crippen molar-refractivity contribution in [1.82, 2.24) is 15.5 Å². The zero-order chi connectivity index (χ0) is 15.4. The highest BCUT2D eigenvalue weighted by Crippen LogP contribution is 1.99. The highest BCUT2D eigenvalue weighted by molar-refractivity contribution is 5.73. The lowest BCUT2D eigenvalue weighted by molar-refractivity contribution is -0.137. The van der Waals surface area contributed by atoms with E-state index in [1.165, 1.54) is 0 Å². The van der Waals surface area contributed by atoms with E-state index in [4.69, 9.17) is 5.11 Å². The summed E-state index contributed by atoms with van der Waals surface area (Å²) in [5.74, 6) is -0.763. The number of amides is 2. The fraction of sp³-hybridized carbons (Fsp3) is 0.857. The Balaban J connectivity index is 3.43. The monoisotopic (exact) mass is 287 g/mol. The maximum atomic E-state index is 11.5. The van der Waals surface area contributed by atoms with Gasteiger partial charge in [0.05, 0.1) is 0 Å². The van der Waals surface area contributed by atoms with Crippen LogP contribution in [0.15, 0.2) is 0 Å². The summed E-state index contributed by atoms with van der Waals surface area (Å²) in [6.07, 6.45) is 3.60. The molecular weight excluding hydrogens is 258 g/mol. The molecule has 6 nitrogen and oxygen atoms in total. The van der Waals surface area contributed by atoms with Gasteiger partial charge in [0.25, 0.3) is 0 Å². The van der Waals surface area contributed by atoms with Gasteiger partial charge in [0.2, 0.25) is 0 Å². The van der Waals surface area contributed by atoms with Gasteiger partial charge in [-0.2, -0.15) is 0 Å². The van der Waals surface area contributed by atoms with Crippen LogP contribution in [0, 0.1) is 0 Å². The fourth-order valence-corrected chi connectivity index (χ4v) is 1.72. The lowest BCUT2D eigenvalue weighted by Crippen LogP contribution is -2.41. The van der Waals surface area contributed by atoms with Gasteiger partial charge < -0.3 is 20.6 Å². The molecule has 118 valence electrons. The molecule has 0 radical (unpaired) electrons. The summed E-state index contributed by atoms with van der Waals surface area (Å²) in [6.45, 7) is 6.36. The quantitative estimate of drug-likeness (QED) is 0.505. The second-order valence-electron chi connectivity index (χ2n) is 5.12. The number of unbranched alkanes of at least 4 members (excludes halogenated alkanes) is 2. The highest BCUT2D eigenvalue weighted by Gasteiger charge is 2.06. The van der Waals surface area contributed by atoms with Gasteiger partial charge in [-0.05, 0) is 33.2 Å². The molecule has 2 amide bonds. The third-order valence-electron chi connectivity index (χ3n) is 3.45. The average molecular weight is 287 g/mol. The molecule has 1 atom stereocenters. The summed E-state index contributed by atoms with van der Waals surface area (Å²) in [6, 6.07) is 0.370. The Bertz CT molecular complexity index is 285. The number of nitrogens with one attached hydrogen (secondary N) is 2. The fourth-order valence-electron chi connectivity index (χ4n) is 1.72. The smallest absolute Gasteiger partial charge is 0.314 e. The number of likely N-dealkylation sites (N-methyl/N-ethyl adjacent to an activating group) is 1. The summed E-state index contributed by atoms with van der Waals surface area (Å²) in [5, 5.41) is 14.1. The van der Waals surface area contributed by atoms with Crippen LogP contribution >= 0.6 is 0 Å². The first kappa shape index (κ1) is 18.7. The standard InChI is InChI=1S/C14H29N3O3/c1-4-12(2)17(3)11-10-16-14(20)15-9-7-5-6-8-13(18)19/h12H,4-11H2,1-3H3,(H,18,19)(H2,15,16,20). The largest absolute Gasteiger partial charge is 0.481 e. The van der Waals surface area contributed by atoms with E-state index in [9.17, 15) is 9.59 Å². The van der Waals surface area contributed by atoms with Crippen molar-refractivity contribution in [3.8, 4) is 0 Å². The van der Waals surface area contributed by atoms with E-state index in [2.05, 4.69) is 36.4 Å². The van der Waals surface area contributed by atoms with E-state index in [0.717, 1.165) is 25.8 Å². The normalized spacial score (nSPS) is 12.2. The average Bonchev–Trinajstić information content (AvgIpc) is 2.41. The van der Waals surface area contributed by atoms with E-state index in [1.807, 2.05) is 0 Å². The van der Waals surface area contributed by atoms with E-state index >= 15 is 0 Å². The molecule has 0 aromatic heterocycles. The molecule has 0 rings (SSSR count). The van der Waals surface area contributed by atoms with Gasteiger partial charge in [-0.3, -0.25) is 4.79 Å². The predicted molar refractivity (Wildman–Crippen MR) is 79.9 cm³/mol. The third-order valence-corrected chi connectivity index (χ3v) is 3.45. The van der Waals surface area contributed by atoms with Gasteiger partial charge >= 0.3 is 12.0 Å². The Morgan fingerprint density at radius 2 is 1.80 bits per heavy atom. The van der Waals surface area contributed by atoms with Crippen molar-refractivity contribution in [1.29, 1.82) is 0 Å². The van der Waals surface area contributed by atoms with Crippen molar-refractivity contribution in [2.45, 2.75) is 52.0 Å². The number of aliphatic carboxylic acids is 1. The first-order valence-electron chi connectivity index (χ1n) is 7.41. The molecule has 1 unspecified atom stereocenters. The van der Waals surface area contributed by atoms with Gasteiger partial charge in [-0.15, -0.1) is 0 Å². The highest BCUT2D eigenvalue weighted by atomic mass is 16.4. The van der Waals surface area contributed by atoms with Crippen LogP contribution < -0.4 is 10.6 Å². The van der Waals surface area contributed by atoms with Crippen molar-refractivity contribution in [3.05, 3.63) is 0 Å². The van der Waals surface area contributed by atoms with Crippen molar-refractivity contribution >= 4 is 12.0 Å². The number of carboxylic acids is 1. The van der Waals surface area contributed by atoms with Crippen LogP contribution in [0.1, 0.15) is 46.0 Å². The molecule has 3 N–H and O–H groups in total. The van der Waals surface area contributed by atoms with E-state index in [1.54, 1.807) is 0 Å². The molecule has 6 heteroatoms. The van der Waals surface area contributed by atoms with Crippen LogP contribution in [0.25, 0.3) is 0 Å². The number of urea groups is 1. The van der Waals surface area contributed by atoms with Crippen molar-refractivity contribution < 1.29 is 14.7 Å². The van der Waals surface area contributed by atoms with Crippen LogP contribution in [-0.4, -0.2) is 54.7 Å². The lowest BCUT2D eigenvalue weighted by atomic mass is 10.2. The molecular formula is C14H29N3O3. The molecule has 0 heterocycles. The number of carboxylic acid groups (broad SMARTS) is 1. The van der Waals surface area contributed by atoms with Gasteiger partial charge in [-0.1, -0.05) is 13.3 Å². The van der Waals surface area contributed by atoms with Crippen molar-refractivity contribution in [2.75, 3.05) is 26.7 Å². The summed E-state index contributed by atoms with van der Waals surface area (Å²) in [7, 11) is 2.05. The lowest BCUT2D eigenvalue weighted by Gasteiger charge is -2.23. The second kappa shape index (κ2) is 11.5.